The monoisotopic (exact) mass is 316 g/mol. The number of aromatic nitrogens is 2. The summed E-state index contributed by atoms with van der Waals surface area (Å²) in [6.45, 7) is 4.53. The molecule has 1 atom stereocenters. The molecule has 1 heterocycles. The Morgan fingerprint density at radius 1 is 1.23 bits per heavy atom. The van der Waals surface area contributed by atoms with Crippen molar-refractivity contribution in [3.05, 3.63) is 46.1 Å². The molecule has 1 aromatic heterocycles. The van der Waals surface area contributed by atoms with Crippen LogP contribution < -0.4 is 11.5 Å². The molecule has 1 aliphatic rings. The van der Waals surface area contributed by atoms with Crippen molar-refractivity contribution in [2.45, 2.75) is 38.5 Å². The molecule has 1 aliphatic carbocycles. The van der Waals surface area contributed by atoms with E-state index in [0.29, 0.717) is 11.7 Å². The molecule has 0 bridgehead atoms. The van der Waals surface area contributed by atoms with Gasteiger partial charge in [-0.25, -0.2) is 4.98 Å². The molecule has 5 heteroatoms. The van der Waals surface area contributed by atoms with Crippen LogP contribution in [0.2, 0.25) is 5.02 Å². The molecule has 0 aliphatic heterocycles. The number of hydrogen-bond donors (Lipinski definition) is 2. The van der Waals surface area contributed by atoms with Gasteiger partial charge in [0.15, 0.2) is 0 Å². The number of aryl methyl sites for hydroxylation is 1. The zero-order valence-electron chi connectivity index (χ0n) is 12.9. The van der Waals surface area contributed by atoms with E-state index < -0.39 is 0 Å². The fraction of sp³-hybridized carbons (Fsp3) is 0.412. The highest BCUT2D eigenvalue weighted by atomic mass is 35.5. The molecule has 4 N–H and O–H groups in total. The second-order valence-corrected chi connectivity index (χ2v) is 7.00. The van der Waals surface area contributed by atoms with Crippen LogP contribution in [0.4, 0.5) is 11.8 Å². The van der Waals surface area contributed by atoms with E-state index in [1.54, 1.807) is 0 Å². The zero-order chi connectivity index (χ0) is 15.9. The Bertz CT molecular complexity index is 712. The smallest absolute Gasteiger partial charge is 0.222 e. The lowest BCUT2D eigenvalue weighted by Gasteiger charge is -2.38. The molecule has 4 nitrogen and oxygen atoms in total. The van der Waals surface area contributed by atoms with Crippen LogP contribution in [0.1, 0.15) is 37.1 Å². The molecule has 0 radical (unpaired) electrons. The third kappa shape index (κ3) is 2.63. The van der Waals surface area contributed by atoms with Gasteiger partial charge in [0.25, 0.3) is 0 Å². The van der Waals surface area contributed by atoms with E-state index in [1.165, 1.54) is 5.56 Å². The molecule has 0 saturated heterocycles. The number of nitrogens with two attached hydrogens (primary N) is 2. The van der Waals surface area contributed by atoms with Gasteiger partial charge in [-0.3, -0.25) is 0 Å². The lowest BCUT2D eigenvalue weighted by Crippen LogP contribution is -2.34. The summed E-state index contributed by atoms with van der Waals surface area (Å²) in [6.07, 6.45) is 2.82. The first-order valence-corrected chi connectivity index (χ1v) is 7.92. The van der Waals surface area contributed by atoms with Gasteiger partial charge < -0.3 is 11.5 Å². The molecule has 1 unspecified atom stereocenters. The molecular formula is C17H21ClN4. The molecule has 0 saturated carbocycles. The highest BCUT2D eigenvalue weighted by Gasteiger charge is 2.35. The maximum Gasteiger partial charge on any atom is 0.222 e. The molecule has 0 amide bonds. The Hall–Kier alpha value is -1.81. The standard InChI is InChI=1S/C17H21ClN4/c1-17(2,10-4-3-5-12(18)8-10)11-6-7-14-13(9-11)15(19)22-16(20)21-14/h3-5,8,11H,6-7,9H2,1-2H3,(H4,19,20,21,22). The van der Waals surface area contributed by atoms with E-state index in [-0.39, 0.29) is 11.4 Å². The summed E-state index contributed by atoms with van der Waals surface area (Å²) in [5.41, 5.74) is 15.1. The first-order valence-electron chi connectivity index (χ1n) is 7.54. The van der Waals surface area contributed by atoms with Crippen LogP contribution in [0.5, 0.6) is 0 Å². The normalized spacial score (nSPS) is 18.0. The van der Waals surface area contributed by atoms with E-state index >= 15 is 0 Å². The van der Waals surface area contributed by atoms with Crippen LogP contribution in [0, 0.1) is 5.92 Å². The van der Waals surface area contributed by atoms with Crippen molar-refractivity contribution in [2.75, 3.05) is 11.5 Å². The maximum absolute atomic E-state index is 6.16. The minimum absolute atomic E-state index is 0.0103. The number of benzene rings is 1. The molecule has 22 heavy (non-hydrogen) atoms. The van der Waals surface area contributed by atoms with Crippen molar-refractivity contribution < 1.29 is 0 Å². The summed E-state index contributed by atoms with van der Waals surface area (Å²) < 4.78 is 0. The summed E-state index contributed by atoms with van der Waals surface area (Å²) in [7, 11) is 0. The molecule has 1 aromatic carbocycles. The van der Waals surface area contributed by atoms with Gasteiger partial charge in [-0.15, -0.1) is 0 Å². The fourth-order valence-corrected chi connectivity index (χ4v) is 3.59. The van der Waals surface area contributed by atoms with Gasteiger partial charge in [0.1, 0.15) is 5.82 Å². The van der Waals surface area contributed by atoms with Crippen LogP contribution in [0.15, 0.2) is 24.3 Å². The van der Waals surface area contributed by atoms with Crippen molar-refractivity contribution in [3.8, 4) is 0 Å². The van der Waals surface area contributed by atoms with Gasteiger partial charge in [-0.1, -0.05) is 37.6 Å². The number of fused-ring (bicyclic) bond motifs is 1. The van der Waals surface area contributed by atoms with Crippen molar-refractivity contribution in [2.24, 2.45) is 5.92 Å². The van der Waals surface area contributed by atoms with Crippen LogP contribution >= 0.6 is 11.6 Å². The predicted octanol–water partition coefficient (Wildman–Crippen LogP) is 3.38. The molecule has 3 rings (SSSR count). The van der Waals surface area contributed by atoms with E-state index in [1.807, 2.05) is 12.1 Å². The Balaban J connectivity index is 1.93. The van der Waals surface area contributed by atoms with Gasteiger partial charge in [0, 0.05) is 10.6 Å². The number of nitrogen functional groups attached to an aromatic ring is 2. The Morgan fingerprint density at radius 3 is 2.73 bits per heavy atom. The van der Waals surface area contributed by atoms with Crippen LogP contribution in [0.25, 0.3) is 0 Å². The summed E-state index contributed by atoms with van der Waals surface area (Å²) in [5, 5.41) is 0.775. The Kier molecular flexibility index (Phi) is 3.73. The molecule has 0 fully saturated rings. The topological polar surface area (TPSA) is 77.8 Å². The van der Waals surface area contributed by atoms with Crippen molar-refractivity contribution in [1.29, 1.82) is 0 Å². The highest BCUT2D eigenvalue weighted by Crippen LogP contribution is 2.41. The summed E-state index contributed by atoms with van der Waals surface area (Å²) >= 11 is 6.16. The largest absolute Gasteiger partial charge is 0.383 e. The fourth-order valence-electron chi connectivity index (χ4n) is 3.40. The lowest BCUT2D eigenvalue weighted by atomic mass is 9.67. The number of halogens is 1. The first kappa shape index (κ1) is 15.1. The predicted molar refractivity (Wildman–Crippen MR) is 90.8 cm³/mol. The lowest BCUT2D eigenvalue weighted by molar-refractivity contribution is 0.283. The minimum atomic E-state index is 0.0103. The minimum Gasteiger partial charge on any atom is -0.383 e. The van der Waals surface area contributed by atoms with Gasteiger partial charge in [-0.05, 0) is 48.3 Å². The molecule has 2 aromatic rings. The number of anilines is 2. The van der Waals surface area contributed by atoms with Crippen molar-refractivity contribution in [3.63, 3.8) is 0 Å². The summed E-state index contributed by atoms with van der Waals surface area (Å²) in [4.78, 5) is 8.46. The Labute approximate surface area is 135 Å². The van der Waals surface area contributed by atoms with Crippen molar-refractivity contribution >= 4 is 23.4 Å². The third-order valence-electron chi connectivity index (χ3n) is 4.91. The molecule has 116 valence electrons. The van der Waals surface area contributed by atoms with Crippen molar-refractivity contribution in [1.82, 2.24) is 9.97 Å². The van der Waals surface area contributed by atoms with Gasteiger partial charge in [-0.2, -0.15) is 4.98 Å². The Morgan fingerprint density at radius 2 is 2.00 bits per heavy atom. The quantitative estimate of drug-likeness (QED) is 0.890. The van der Waals surface area contributed by atoms with Crippen LogP contribution in [-0.4, -0.2) is 9.97 Å². The third-order valence-corrected chi connectivity index (χ3v) is 5.15. The maximum atomic E-state index is 6.16. The zero-order valence-corrected chi connectivity index (χ0v) is 13.7. The van der Waals surface area contributed by atoms with Gasteiger partial charge in [0.05, 0.1) is 5.69 Å². The average Bonchev–Trinajstić information content (AvgIpc) is 2.46. The van der Waals surface area contributed by atoms with E-state index in [4.69, 9.17) is 23.1 Å². The first-order chi connectivity index (χ1) is 10.4. The van der Waals surface area contributed by atoms with E-state index in [2.05, 4.69) is 35.9 Å². The van der Waals surface area contributed by atoms with Crippen LogP contribution in [0.3, 0.4) is 0 Å². The number of rotatable bonds is 2. The number of hydrogen-bond acceptors (Lipinski definition) is 4. The van der Waals surface area contributed by atoms with Gasteiger partial charge >= 0.3 is 0 Å². The highest BCUT2D eigenvalue weighted by molar-refractivity contribution is 6.30. The number of nitrogens with zero attached hydrogens (tertiary/aromatic N) is 2. The molecular weight excluding hydrogens is 296 g/mol. The van der Waals surface area contributed by atoms with Crippen LogP contribution in [-0.2, 0) is 18.3 Å². The van der Waals surface area contributed by atoms with E-state index in [0.717, 1.165) is 35.5 Å². The second-order valence-electron chi connectivity index (χ2n) is 6.56. The SMILES string of the molecule is CC(C)(c1cccc(Cl)c1)C1CCc2nc(N)nc(N)c2C1. The second kappa shape index (κ2) is 5.43. The molecule has 0 spiro atoms. The summed E-state index contributed by atoms with van der Waals surface area (Å²) in [5.74, 6) is 1.26. The summed E-state index contributed by atoms with van der Waals surface area (Å²) in [6, 6.07) is 8.12. The van der Waals surface area contributed by atoms with Gasteiger partial charge in [0.2, 0.25) is 5.95 Å². The average molecular weight is 317 g/mol. The van der Waals surface area contributed by atoms with E-state index in [9.17, 15) is 0 Å².